The lowest BCUT2D eigenvalue weighted by Gasteiger charge is -2.39. The zero-order valence-corrected chi connectivity index (χ0v) is 34.4. The second kappa shape index (κ2) is 36.0. The summed E-state index contributed by atoms with van der Waals surface area (Å²) in [5.74, 6) is -0.838. The standard InChI is InChI=1S/C45H78O10/c1-3-5-7-9-11-13-15-17-19-21-23-25-27-29-31-33-40(47)52-36-38(37-53-45-44(51)43(50)42(49)39(35-46)55-45)54-41(48)34-32-30-28-26-24-22-20-18-16-14-12-10-8-6-4-2/h6,8,12,14,17-20,38-39,42-46,49-51H,3-5,7,9-11,13,15-16,21-37H2,1-2H3/b8-6+,14-12+,19-17+,20-18+/t38-,39-,42+,43?,44?,45-/m0/s1. The summed E-state index contributed by atoms with van der Waals surface area (Å²) in [6.07, 6.45) is 34.0. The quantitative estimate of drug-likeness (QED) is 0.0279. The maximum atomic E-state index is 12.7. The number of esters is 2. The summed E-state index contributed by atoms with van der Waals surface area (Å²) in [5, 5.41) is 40.0. The Morgan fingerprint density at radius 1 is 0.582 bits per heavy atom. The van der Waals surface area contributed by atoms with E-state index in [1.54, 1.807) is 0 Å². The highest BCUT2D eigenvalue weighted by atomic mass is 16.7. The Morgan fingerprint density at radius 2 is 1.07 bits per heavy atom. The van der Waals surface area contributed by atoms with Gasteiger partial charge in [0.25, 0.3) is 0 Å². The van der Waals surface area contributed by atoms with Crippen LogP contribution in [0.2, 0.25) is 0 Å². The van der Waals surface area contributed by atoms with Crippen molar-refractivity contribution in [3.63, 3.8) is 0 Å². The summed E-state index contributed by atoms with van der Waals surface area (Å²) in [5.41, 5.74) is 0. The van der Waals surface area contributed by atoms with Gasteiger partial charge in [-0.25, -0.2) is 0 Å². The molecule has 1 aliphatic heterocycles. The van der Waals surface area contributed by atoms with Crippen molar-refractivity contribution in [3.05, 3.63) is 48.6 Å². The van der Waals surface area contributed by atoms with Crippen LogP contribution < -0.4 is 0 Å². The Hall–Kier alpha value is -2.34. The fourth-order valence-corrected chi connectivity index (χ4v) is 6.25. The molecule has 0 radical (unpaired) electrons. The molecule has 10 nitrogen and oxygen atoms in total. The number of unbranched alkanes of at least 4 members (excludes halogenated alkanes) is 16. The van der Waals surface area contributed by atoms with Crippen molar-refractivity contribution in [3.8, 4) is 0 Å². The van der Waals surface area contributed by atoms with Gasteiger partial charge in [0.05, 0.1) is 13.2 Å². The second-order valence-corrected chi connectivity index (χ2v) is 14.8. The lowest BCUT2D eigenvalue weighted by molar-refractivity contribution is -0.305. The van der Waals surface area contributed by atoms with E-state index in [4.69, 9.17) is 18.9 Å². The highest BCUT2D eigenvalue weighted by Gasteiger charge is 2.44. The average Bonchev–Trinajstić information content (AvgIpc) is 3.18. The normalized spacial score (nSPS) is 21.0. The molecule has 55 heavy (non-hydrogen) atoms. The molecule has 1 aliphatic rings. The molecule has 1 heterocycles. The van der Waals surface area contributed by atoms with Crippen LogP contribution in [0.3, 0.4) is 0 Å². The monoisotopic (exact) mass is 779 g/mol. The molecule has 0 amide bonds. The molecule has 0 bridgehead atoms. The Morgan fingerprint density at radius 3 is 1.64 bits per heavy atom. The number of rotatable bonds is 35. The summed E-state index contributed by atoms with van der Waals surface area (Å²) in [7, 11) is 0. The van der Waals surface area contributed by atoms with Crippen molar-refractivity contribution < 1.29 is 49.0 Å². The number of aliphatic hydroxyl groups excluding tert-OH is 4. The minimum Gasteiger partial charge on any atom is -0.462 e. The van der Waals surface area contributed by atoms with E-state index in [1.807, 2.05) is 0 Å². The topological polar surface area (TPSA) is 152 Å². The first-order valence-corrected chi connectivity index (χ1v) is 21.7. The number of aliphatic hydroxyl groups is 4. The van der Waals surface area contributed by atoms with Gasteiger partial charge in [-0.3, -0.25) is 9.59 Å². The summed E-state index contributed by atoms with van der Waals surface area (Å²) in [4.78, 5) is 25.3. The van der Waals surface area contributed by atoms with Crippen molar-refractivity contribution in [1.29, 1.82) is 0 Å². The van der Waals surface area contributed by atoms with Crippen LogP contribution >= 0.6 is 0 Å². The van der Waals surface area contributed by atoms with Gasteiger partial charge in [-0.1, -0.05) is 133 Å². The fraction of sp³-hybridized carbons (Fsp3) is 0.778. The molecule has 0 aromatic carbocycles. The van der Waals surface area contributed by atoms with Crippen molar-refractivity contribution in [2.45, 2.75) is 205 Å². The number of ether oxygens (including phenoxy) is 4. The van der Waals surface area contributed by atoms with E-state index in [1.165, 1.54) is 44.9 Å². The van der Waals surface area contributed by atoms with E-state index in [2.05, 4.69) is 62.5 Å². The number of allylic oxidation sites excluding steroid dienone is 8. The van der Waals surface area contributed by atoms with Crippen LogP contribution in [0.5, 0.6) is 0 Å². The van der Waals surface area contributed by atoms with Gasteiger partial charge in [0, 0.05) is 12.8 Å². The zero-order valence-electron chi connectivity index (χ0n) is 34.4. The number of hydrogen-bond acceptors (Lipinski definition) is 10. The zero-order chi connectivity index (χ0) is 40.2. The van der Waals surface area contributed by atoms with Crippen LogP contribution in [0, 0.1) is 0 Å². The lowest BCUT2D eigenvalue weighted by Crippen LogP contribution is -2.59. The van der Waals surface area contributed by atoms with E-state index in [-0.39, 0.29) is 26.1 Å². The number of hydrogen-bond donors (Lipinski definition) is 4. The lowest BCUT2D eigenvalue weighted by atomic mass is 9.99. The predicted octanol–water partition coefficient (Wildman–Crippen LogP) is 8.88. The Balaban J connectivity index is 2.37. The van der Waals surface area contributed by atoms with Crippen LogP contribution in [0.4, 0.5) is 0 Å². The van der Waals surface area contributed by atoms with E-state index in [0.29, 0.717) is 12.8 Å². The Bertz CT molecular complexity index is 1040. The average molecular weight is 779 g/mol. The molecule has 0 saturated carbocycles. The molecule has 0 aliphatic carbocycles. The number of carbonyl (C=O) groups excluding carboxylic acids is 2. The molecule has 4 N–H and O–H groups in total. The van der Waals surface area contributed by atoms with E-state index in [0.717, 1.165) is 83.5 Å². The Kier molecular flexibility index (Phi) is 33.2. The van der Waals surface area contributed by atoms with E-state index >= 15 is 0 Å². The molecule has 1 fully saturated rings. The first kappa shape index (κ1) is 50.7. The van der Waals surface area contributed by atoms with Gasteiger partial charge < -0.3 is 39.4 Å². The minimum absolute atomic E-state index is 0.207. The molecule has 0 aromatic rings. The van der Waals surface area contributed by atoms with Crippen molar-refractivity contribution in [2.75, 3.05) is 19.8 Å². The predicted molar refractivity (Wildman–Crippen MR) is 219 cm³/mol. The molecule has 2 unspecified atom stereocenters. The molecule has 1 saturated heterocycles. The van der Waals surface area contributed by atoms with Crippen LogP contribution in [-0.2, 0) is 28.5 Å². The maximum Gasteiger partial charge on any atom is 0.306 e. The Labute approximate surface area is 333 Å². The molecular weight excluding hydrogens is 700 g/mol. The molecule has 0 aromatic heterocycles. The summed E-state index contributed by atoms with van der Waals surface area (Å²) in [6.45, 7) is 3.27. The third-order valence-electron chi connectivity index (χ3n) is 9.70. The van der Waals surface area contributed by atoms with Crippen LogP contribution in [0.25, 0.3) is 0 Å². The highest BCUT2D eigenvalue weighted by Crippen LogP contribution is 2.22. The molecule has 1 rings (SSSR count). The van der Waals surface area contributed by atoms with Crippen molar-refractivity contribution in [1.82, 2.24) is 0 Å². The van der Waals surface area contributed by atoms with Gasteiger partial charge in [0.15, 0.2) is 12.4 Å². The molecule has 0 spiro atoms. The van der Waals surface area contributed by atoms with Gasteiger partial charge in [0.1, 0.15) is 31.0 Å². The second-order valence-electron chi connectivity index (χ2n) is 14.8. The summed E-state index contributed by atoms with van der Waals surface area (Å²) in [6, 6.07) is 0. The van der Waals surface area contributed by atoms with Gasteiger partial charge in [-0.15, -0.1) is 0 Å². The van der Waals surface area contributed by atoms with E-state index < -0.39 is 55.4 Å². The van der Waals surface area contributed by atoms with Crippen molar-refractivity contribution >= 4 is 11.9 Å². The summed E-state index contributed by atoms with van der Waals surface area (Å²) < 4.78 is 22.1. The van der Waals surface area contributed by atoms with Gasteiger partial charge >= 0.3 is 11.9 Å². The van der Waals surface area contributed by atoms with Crippen LogP contribution in [-0.4, -0.2) is 89.0 Å². The van der Waals surface area contributed by atoms with Crippen LogP contribution in [0.15, 0.2) is 48.6 Å². The third-order valence-corrected chi connectivity index (χ3v) is 9.70. The molecule has 6 atom stereocenters. The first-order valence-electron chi connectivity index (χ1n) is 21.7. The van der Waals surface area contributed by atoms with Gasteiger partial charge in [0.2, 0.25) is 0 Å². The van der Waals surface area contributed by atoms with Crippen LogP contribution in [0.1, 0.15) is 168 Å². The smallest absolute Gasteiger partial charge is 0.306 e. The third kappa shape index (κ3) is 27.8. The van der Waals surface area contributed by atoms with Gasteiger partial charge in [-0.05, 0) is 70.6 Å². The molecule has 318 valence electrons. The molecule has 10 heteroatoms. The maximum absolute atomic E-state index is 12.7. The fourth-order valence-electron chi connectivity index (χ4n) is 6.25. The largest absolute Gasteiger partial charge is 0.462 e. The molecular formula is C45H78O10. The first-order chi connectivity index (χ1) is 26.8. The SMILES string of the molecule is CC/C=C/C/C=C/C/C=C/CCCCCCCC(=O)O[C@@H](COC(=O)CCCCCCC/C=C/CCCCCCCC)CO[C@H]1O[C@@H](CO)[C@@H](O)C(O)C1O. The van der Waals surface area contributed by atoms with Crippen molar-refractivity contribution in [2.24, 2.45) is 0 Å². The van der Waals surface area contributed by atoms with Gasteiger partial charge in [-0.2, -0.15) is 0 Å². The minimum atomic E-state index is -1.60. The summed E-state index contributed by atoms with van der Waals surface area (Å²) >= 11 is 0. The number of carbonyl (C=O) groups is 2. The highest BCUT2D eigenvalue weighted by molar-refractivity contribution is 5.70. The van der Waals surface area contributed by atoms with E-state index in [9.17, 15) is 30.0 Å².